The van der Waals surface area contributed by atoms with Gasteiger partial charge in [-0.3, -0.25) is 9.59 Å². The third-order valence-electron chi connectivity index (χ3n) is 4.30. The van der Waals surface area contributed by atoms with Crippen molar-refractivity contribution in [3.63, 3.8) is 0 Å². The first kappa shape index (κ1) is 18.5. The maximum atomic E-state index is 11.9. The Bertz CT molecular complexity index is 559. The number of carbonyl (C=O) groups excluding carboxylic acids is 2. The molecule has 2 aliphatic rings. The van der Waals surface area contributed by atoms with E-state index < -0.39 is 0 Å². The molecule has 6 nitrogen and oxygen atoms in total. The quantitative estimate of drug-likeness (QED) is 0.841. The van der Waals surface area contributed by atoms with Crippen LogP contribution in [0.25, 0.3) is 0 Å². The molecular weight excluding hydrogens is 330 g/mol. The Morgan fingerprint density at radius 2 is 1.96 bits per heavy atom. The topological polar surface area (TPSA) is 70.7 Å². The van der Waals surface area contributed by atoms with E-state index in [1.807, 2.05) is 12.1 Å². The third-order valence-corrected chi connectivity index (χ3v) is 4.30. The fraction of sp³-hybridized carbons (Fsp3) is 0.529. The molecule has 2 fully saturated rings. The van der Waals surface area contributed by atoms with Crippen molar-refractivity contribution in [3.8, 4) is 5.75 Å². The monoisotopic (exact) mass is 353 g/mol. The zero-order chi connectivity index (χ0) is 16.1. The molecule has 0 radical (unpaired) electrons. The number of ether oxygens (including phenoxy) is 1. The number of nitrogens with one attached hydrogen (secondary N) is 2. The summed E-state index contributed by atoms with van der Waals surface area (Å²) in [4.78, 5) is 25.4. The first-order valence-electron chi connectivity index (χ1n) is 8.26. The maximum Gasteiger partial charge on any atom is 0.258 e. The molecule has 0 unspecified atom stereocenters. The standard InChI is InChI=1S/C17H23N3O3.ClH/c21-16(19-13-7-9-18-10-8-13)12-23-15-5-3-14(4-6-15)20-11-1-2-17(20)22;/h3-6,13,18H,1-2,7-12H2,(H,19,21);1H. The van der Waals surface area contributed by atoms with Crippen LogP contribution < -0.4 is 20.3 Å². The molecule has 1 aromatic carbocycles. The van der Waals surface area contributed by atoms with Gasteiger partial charge in [0.2, 0.25) is 5.91 Å². The van der Waals surface area contributed by atoms with Crippen LogP contribution >= 0.6 is 12.4 Å². The summed E-state index contributed by atoms with van der Waals surface area (Å²) in [5.74, 6) is 0.719. The number of benzene rings is 1. The van der Waals surface area contributed by atoms with Gasteiger partial charge in [0.15, 0.2) is 6.61 Å². The minimum absolute atomic E-state index is 0. The number of anilines is 1. The lowest BCUT2D eigenvalue weighted by Gasteiger charge is -2.23. The first-order chi connectivity index (χ1) is 11.2. The van der Waals surface area contributed by atoms with Gasteiger partial charge in [-0.05, 0) is 56.6 Å². The number of nitrogens with zero attached hydrogens (tertiary/aromatic N) is 1. The van der Waals surface area contributed by atoms with Crippen molar-refractivity contribution in [2.75, 3.05) is 31.1 Å². The van der Waals surface area contributed by atoms with Crippen LogP contribution in [0.1, 0.15) is 25.7 Å². The minimum atomic E-state index is -0.0873. The van der Waals surface area contributed by atoms with Crippen molar-refractivity contribution >= 4 is 29.9 Å². The van der Waals surface area contributed by atoms with Gasteiger partial charge in [-0.1, -0.05) is 0 Å². The summed E-state index contributed by atoms with van der Waals surface area (Å²) in [6.45, 7) is 2.69. The summed E-state index contributed by atoms with van der Waals surface area (Å²) in [5, 5.41) is 6.26. The van der Waals surface area contributed by atoms with Crippen LogP contribution in [-0.2, 0) is 9.59 Å². The number of hydrogen-bond acceptors (Lipinski definition) is 4. The summed E-state index contributed by atoms with van der Waals surface area (Å²) in [6, 6.07) is 7.58. The molecule has 0 spiro atoms. The van der Waals surface area contributed by atoms with Gasteiger partial charge in [-0.2, -0.15) is 0 Å². The SMILES string of the molecule is Cl.O=C(COc1ccc(N2CCCC2=O)cc1)NC1CCNCC1. The Labute approximate surface area is 148 Å². The normalized spacial score (nSPS) is 18.2. The molecule has 2 aliphatic heterocycles. The van der Waals surface area contributed by atoms with Gasteiger partial charge in [0.05, 0.1) is 0 Å². The van der Waals surface area contributed by atoms with E-state index in [1.165, 1.54) is 0 Å². The summed E-state index contributed by atoms with van der Waals surface area (Å²) in [7, 11) is 0. The average molecular weight is 354 g/mol. The van der Waals surface area contributed by atoms with E-state index in [2.05, 4.69) is 10.6 Å². The molecule has 0 atom stereocenters. The second-order valence-corrected chi connectivity index (χ2v) is 6.02. The highest BCUT2D eigenvalue weighted by Gasteiger charge is 2.21. The van der Waals surface area contributed by atoms with Crippen molar-refractivity contribution in [1.29, 1.82) is 0 Å². The molecule has 2 N–H and O–H groups in total. The summed E-state index contributed by atoms with van der Waals surface area (Å²) < 4.78 is 5.52. The van der Waals surface area contributed by atoms with Gasteiger partial charge < -0.3 is 20.3 Å². The van der Waals surface area contributed by atoms with E-state index in [1.54, 1.807) is 17.0 Å². The highest BCUT2D eigenvalue weighted by atomic mass is 35.5. The Morgan fingerprint density at radius 3 is 2.58 bits per heavy atom. The smallest absolute Gasteiger partial charge is 0.258 e. The van der Waals surface area contributed by atoms with Crippen LogP contribution in [0.5, 0.6) is 5.75 Å². The zero-order valence-corrected chi connectivity index (χ0v) is 14.4. The van der Waals surface area contributed by atoms with E-state index in [0.717, 1.165) is 44.6 Å². The predicted molar refractivity (Wildman–Crippen MR) is 94.8 cm³/mol. The Hall–Kier alpha value is -1.79. The van der Waals surface area contributed by atoms with Crippen molar-refractivity contribution in [2.24, 2.45) is 0 Å². The second kappa shape index (κ2) is 8.89. The summed E-state index contributed by atoms with van der Waals surface area (Å²) in [5.41, 5.74) is 0.888. The van der Waals surface area contributed by atoms with Crippen LogP contribution in [0.2, 0.25) is 0 Å². The van der Waals surface area contributed by atoms with Crippen LogP contribution in [0, 0.1) is 0 Å². The van der Waals surface area contributed by atoms with Crippen LogP contribution in [0.3, 0.4) is 0 Å². The second-order valence-electron chi connectivity index (χ2n) is 6.02. The van der Waals surface area contributed by atoms with E-state index in [0.29, 0.717) is 12.2 Å². The van der Waals surface area contributed by atoms with E-state index in [-0.39, 0.29) is 36.9 Å². The Kier molecular flexibility index (Phi) is 6.87. The lowest BCUT2D eigenvalue weighted by molar-refractivity contribution is -0.124. The number of hydrogen-bond donors (Lipinski definition) is 2. The van der Waals surface area contributed by atoms with Crippen LogP contribution in [0.15, 0.2) is 24.3 Å². The predicted octanol–water partition coefficient (Wildman–Crippen LogP) is 1.48. The van der Waals surface area contributed by atoms with E-state index in [9.17, 15) is 9.59 Å². The van der Waals surface area contributed by atoms with Gasteiger partial charge in [-0.25, -0.2) is 0 Å². The number of piperidine rings is 1. The van der Waals surface area contributed by atoms with Crippen molar-refractivity contribution in [2.45, 2.75) is 31.7 Å². The van der Waals surface area contributed by atoms with Gasteiger partial charge in [0.1, 0.15) is 5.75 Å². The fourth-order valence-corrected chi connectivity index (χ4v) is 3.03. The maximum absolute atomic E-state index is 11.9. The van der Waals surface area contributed by atoms with Crippen molar-refractivity contribution in [3.05, 3.63) is 24.3 Å². The van der Waals surface area contributed by atoms with Gasteiger partial charge >= 0.3 is 0 Å². The van der Waals surface area contributed by atoms with Crippen LogP contribution in [-0.4, -0.2) is 44.1 Å². The molecule has 7 heteroatoms. The number of rotatable bonds is 5. The highest BCUT2D eigenvalue weighted by Crippen LogP contribution is 2.23. The molecule has 0 aliphatic carbocycles. The molecule has 2 amide bonds. The number of halogens is 1. The molecular formula is C17H24ClN3O3. The van der Waals surface area contributed by atoms with Gasteiger partial charge in [0.25, 0.3) is 5.91 Å². The molecule has 0 saturated carbocycles. The van der Waals surface area contributed by atoms with Crippen LogP contribution in [0.4, 0.5) is 5.69 Å². The van der Waals surface area contributed by atoms with Crippen molar-refractivity contribution < 1.29 is 14.3 Å². The number of amides is 2. The largest absolute Gasteiger partial charge is 0.484 e. The minimum Gasteiger partial charge on any atom is -0.484 e. The van der Waals surface area contributed by atoms with E-state index in [4.69, 9.17) is 4.74 Å². The zero-order valence-electron chi connectivity index (χ0n) is 13.6. The fourth-order valence-electron chi connectivity index (χ4n) is 3.03. The van der Waals surface area contributed by atoms with Crippen molar-refractivity contribution in [1.82, 2.24) is 10.6 Å². The summed E-state index contributed by atoms with van der Waals surface area (Å²) in [6.07, 6.45) is 3.46. The van der Waals surface area contributed by atoms with E-state index >= 15 is 0 Å². The summed E-state index contributed by atoms with van der Waals surface area (Å²) >= 11 is 0. The molecule has 0 aromatic heterocycles. The van der Waals surface area contributed by atoms with Gasteiger partial charge in [0, 0.05) is 24.7 Å². The Balaban J connectivity index is 0.00000208. The number of carbonyl (C=O) groups is 2. The molecule has 1 aromatic rings. The molecule has 0 bridgehead atoms. The molecule has 2 saturated heterocycles. The lowest BCUT2D eigenvalue weighted by atomic mass is 10.1. The molecule has 132 valence electrons. The lowest BCUT2D eigenvalue weighted by Crippen LogP contribution is -2.44. The molecule has 24 heavy (non-hydrogen) atoms. The third kappa shape index (κ3) is 4.85. The van der Waals surface area contributed by atoms with Gasteiger partial charge in [-0.15, -0.1) is 12.4 Å². The average Bonchev–Trinajstić information content (AvgIpc) is 3.00. The highest BCUT2D eigenvalue weighted by molar-refractivity contribution is 5.95. The Morgan fingerprint density at radius 1 is 1.25 bits per heavy atom. The first-order valence-corrected chi connectivity index (χ1v) is 8.26. The molecule has 2 heterocycles. The molecule has 3 rings (SSSR count).